The monoisotopic (exact) mass is 475 g/mol. The number of ether oxygens (including phenoxy) is 1. The van der Waals surface area contributed by atoms with E-state index in [2.05, 4.69) is 79.0 Å². The van der Waals surface area contributed by atoms with Gasteiger partial charge < -0.3 is 14.5 Å². The first kappa shape index (κ1) is 24.8. The van der Waals surface area contributed by atoms with E-state index in [4.69, 9.17) is 4.74 Å². The van der Waals surface area contributed by atoms with Crippen LogP contribution >= 0.6 is 0 Å². The Kier molecular flexibility index (Phi) is 7.79. The smallest absolute Gasteiger partial charge is 0.123 e. The van der Waals surface area contributed by atoms with Crippen LogP contribution in [0.2, 0.25) is 0 Å². The van der Waals surface area contributed by atoms with E-state index < -0.39 is 0 Å². The topological polar surface area (TPSA) is 28.6 Å². The third kappa shape index (κ3) is 5.91. The second-order valence-electron chi connectivity index (χ2n) is 11.9. The molecule has 4 unspecified atom stereocenters. The predicted octanol–water partition coefficient (Wildman–Crippen LogP) is 6.27. The molecule has 5 rings (SSSR count). The zero-order valence-electron chi connectivity index (χ0n) is 22.3. The summed E-state index contributed by atoms with van der Waals surface area (Å²) in [5.41, 5.74) is 4.27. The summed E-state index contributed by atoms with van der Waals surface area (Å²) in [6.45, 7) is 14.4. The minimum Gasteiger partial charge on any atom is -0.490 e. The molecule has 4 heteroatoms. The van der Waals surface area contributed by atoms with E-state index in [9.17, 15) is 0 Å². The van der Waals surface area contributed by atoms with Gasteiger partial charge in [-0.15, -0.1) is 0 Å². The van der Waals surface area contributed by atoms with Gasteiger partial charge in [-0.2, -0.15) is 0 Å². The van der Waals surface area contributed by atoms with Crippen molar-refractivity contribution in [1.29, 1.82) is 0 Å². The molecule has 4 nitrogen and oxygen atoms in total. The fourth-order valence-corrected chi connectivity index (χ4v) is 6.74. The average Bonchev–Trinajstić information content (AvgIpc) is 3.50. The fraction of sp³-hybridized carbons (Fsp3) is 0.645. The molecule has 190 valence electrons. The van der Waals surface area contributed by atoms with Gasteiger partial charge in [-0.05, 0) is 112 Å². The molecule has 0 spiro atoms. The molecule has 3 aliphatic heterocycles. The molecular formula is C31H45N3O. The molecule has 2 aromatic rings. The minimum absolute atomic E-state index is 0.335. The number of hydrogen-bond donors (Lipinski definition) is 0. The van der Waals surface area contributed by atoms with Crippen LogP contribution in [0.1, 0.15) is 88.3 Å². The highest BCUT2D eigenvalue weighted by molar-refractivity contribution is 5.41. The van der Waals surface area contributed by atoms with Crippen LogP contribution in [0.4, 0.5) is 0 Å². The quantitative estimate of drug-likeness (QED) is 0.450. The van der Waals surface area contributed by atoms with Gasteiger partial charge in [0.1, 0.15) is 11.9 Å². The first-order chi connectivity index (χ1) is 17.0. The van der Waals surface area contributed by atoms with Gasteiger partial charge in [0.25, 0.3) is 0 Å². The maximum Gasteiger partial charge on any atom is 0.123 e. The summed E-state index contributed by atoms with van der Waals surface area (Å²) in [5, 5.41) is 0. The van der Waals surface area contributed by atoms with Crippen LogP contribution in [0.3, 0.4) is 0 Å². The maximum atomic E-state index is 6.35. The zero-order valence-corrected chi connectivity index (χ0v) is 22.3. The average molecular weight is 476 g/mol. The van der Waals surface area contributed by atoms with Crippen molar-refractivity contribution in [1.82, 2.24) is 14.8 Å². The van der Waals surface area contributed by atoms with E-state index in [1.807, 2.05) is 6.20 Å². The summed E-state index contributed by atoms with van der Waals surface area (Å²) in [4.78, 5) is 9.81. The van der Waals surface area contributed by atoms with Crippen molar-refractivity contribution in [2.75, 3.05) is 26.2 Å². The van der Waals surface area contributed by atoms with Crippen molar-refractivity contribution in [2.24, 2.45) is 5.92 Å². The SMILES string of the molecule is CC(C)c1ccc2c(c1)CC(CC(C)N1CCC(CC(C)N3CCC(c4cccnc4)CC3)C1)O2. The number of nitrogens with zero attached hydrogens (tertiary/aromatic N) is 3. The van der Waals surface area contributed by atoms with Crippen molar-refractivity contribution in [2.45, 2.75) is 96.2 Å². The van der Waals surface area contributed by atoms with Gasteiger partial charge in [0.05, 0.1) is 0 Å². The Labute approximate surface area is 213 Å². The lowest BCUT2D eigenvalue weighted by atomic mass is 9.89. The Hall–Kier alpha value is -1.91. The van der Waals surface area contributed by atoms with Crippen molar-refractivity contribution >= 4 is 0 Å². The first-order valence-corrected chi connectivity index (χ1v) is 14.1. The summed E-state index contributed by atoms with van der Waals surface area (Å²) < 4.78 is 6.35. The van der Waals surface area contributed by atoms with Gasteiger partial charge in [0.15, 0.2) is 0 Å². The van der Waals surface area contributed by atoms with Crippen LogP contribution in [0.5, 0.6) is 5.75 Å². The van der Waals surface area contributed by atoms with Crippen LogP contribution in [-0.2, 0) is 6.42 Å². The van der Waals surface area contributed by atoms with E-state index in [1.165, 1.54) is 68.6 Å². The van der Waals surface area contributed by atoms with Gasteiger partial charge in [0, 0.05) is 37.4 Å². The Morgan fingerprint density at radius 1 is 0.943 bits per heavy atom. The predicted molar refractivity (Wildman–Crippen MR) is 144 cm³/mol. The van der Waals surface area contributed by atoms with Gasteiger partial charge in [-0.25, -0.2) is 0 Å². The minimum atomic E-state index is 0.335. The molecular weight excluding hydrogens is 430 g/mol. The second-order valence-corrected chi connectivity index (χ2v) is 11.9. The molecule has 1 aromatic carbocycles. The standard InChI is InChI=1S/C31H45N3O/c1-22(2)27-7-8-31-29(18-27)19-30(35-31)17-24(4)34-13-9-25(21-34)16-23(3)33-14-10-26(11-15-33)28-6-5-12-32-20-28/h5-8,12,18,20,22-26,30H,9-11,13-17,19,21H2,1-4H3. The molecule has 35 heavy (non-hydrogen) atoms. The van der Waals surface area contributed by atoms with Crippen molar-refractivity contribution in [3.05, 3.63) is 59.4 Å². The summed E-state index contributed by atoms with van der Waals surface area (Å²) in [6.07, 6.45) is 11.7. The lowest BCUT2D eigenvalue weighted by Gasteiger charge is -2.37. The molecule has 0 radical (unpaired) electrons. The summed E-state index contributed by atoms with van der Waals surface area (Å²) in [6, 6.07) is 12.4. The summed E-state index contributed by atoms with van der Waals surface area (Å²) in [7, 11) is 0. The van der Waals surface area contributed by atoms with Crippen LogP contribution < -0.4 is 4.74 Å². The Morgan fingerprint density at radius 2 is 1.71 bits per heavy atom. The van der Waals surface area contributed by atoms with Crippen LogP contribution in [-0.4, -0.2) is 59.2 Å². The molecule has 2 saturated heterocycles. The highest BCUT2D eigenvalue weighted by Crippen LogP contribution is 2.35. The molecule has 4 heterocycles. The molecule has 0 N–H and O–H groups in total. The van der Waals surface area contributed by atoms with Gasteiger partial charge in [-0.1, -0.05) is 32.0 Å². The third-order valence-corrected chi connectivity index (χ3v) is 9.02. The molecule has 3 aliphatic rings. The number of benzene rings is 1. The number of aromatic nitrogens is 1. The highest BCUT2D eigenvalue weighted by atomic mass is 16.5. The van der Waals surface area contributed by atoms with Crippen molar-refractivity contribution < 1.29 is 4.74 Å². The number of rotatable bonds is 8. The molecule has 0 bridgehead atoms. The number of hydrogen-bond acceptors (Lipinski definition) is 4. The van der Waals surface area contributed by atoms with Crippen molar-refractivity contribution in [3.8, 4) is 5.75 Å². The van der Waals surface area contributed by atoms with Crippen LogP contribution in [0.15, 0.2) is 42.7 Å². The second kappa shape index (κ2) is 11.0. The number of fused-ring (bicyclic) bond motifs is 1. The van der Waals surface area contributed by atoms with E-state index in [0.717, 1.165) is 24.5 Å². The van der Waals surface area contributed by atoms with Gasteiger partial charge >= 0.3 is 0 Å². The largest absolute Gasteiger partial charge is 0.490 e. The van der Waals surface area contributed by atoms with E-state index in [-0.39, 0.29) is 0 Å². The van der Waals surface area contributed by atoms with Gasteiger partial charge in [0.2, 0.25) is 0 Å². The maximum absolute atomic E-state index is 6.35. The molecule has 4 atom stereocenters. The normalized spacial score (nSPS) is 25.5. The highest BCUT2D eigenvalue weighted by Gasteiger charge is 2.32. The van der Waals surface area contributed by atoms with E-state index in [1.54, 1.807) is 0 Å². The van der Waals surface area contributed by atoms with Gasteiger partial charge in [-0.3, -0.25) is 4.98 Å². The summed E-state index contributed by atoms with van der Waals surface area (Å²) in [5.74, 6) is 3.22. The number of pyridine rings is 1. The number of piperidine rings is 1. The Balaban J connectivity index is 1.05. The van der Waals surface area contributed by atoms with Crippen molar-refractivity contribution in [3.63, 3.8) is 0 Å². The van der Waals surface area contributed by atoms with E-state index in [0.29, 0.717) is 30.0 Å². The molecule has 0 amide bonds. The lowest BCUT2D eigenvalue weighted by Crippen LogP contribution is -2.41. The first-order valence-electron chi connectivity index (χ1n) is 14.1. The third-order valence-electron chi connectivity index (χ3n) is 9.02. The lowest BCUT2D eigenvalue weighted by molar-refractivity contribution is 0.133. The number of likely N-dealkylation sites (tertiary alicyclic amines) is 2. The molecule has 2 fully saturated rings. The van der Waals surface area contributed by atoms with Crippen LogP contribution in [0.25, 0.3) is 0 Å². The Bertz CT molecular complexity index is 953. The fourth-order valence-electron chi connectivity index (χ4n) is 6.74. The molecule has 0 aliphatic carbocycles. The molecule has 1 aromatic heterocycles. The van der Waals surface area contributed by atoms with Crippen LogP contribution in [0, 0.1) is 5.92 Å². The Morgan fingerprint density at radius 3 is 2.46 bits per heavy atom. The summed E-state index contributed by atoms with van der Waals surface area (Å²) >= 11 is 0. The zero-order chi connectivity index (χ0) is 24.4. The molecule has 0 saturated carbocycles. The van der Waals surface area contributed by atoms with E-state index >= 15 is 0 Å².